The number of carbonyl (C=O) groups is 1. The zero-order valence-electron chi connectivity index (χ0n) is 16.2. The fourth-order valence-corrected chi connectivity index (χ4v) is 3.13. The number of amides is 1. The van der Waals surface area contributed by atoms with Gasteiger partial charge in [0.25, 0.3) is 11.6 Å². The number of nitro groups is 1. The number of hydrogen-bond acceptors (Lipinski definition) is 10. The molecule has 4 rings (SSSR count). The van der Waals surface area contributed by atoms with Crippen molar-refractivity contribution >= 4 is 39.6 Å². The van der Waals surface area contributed by atoms with Gasteiger partial charge in [0, 0.05) is 17.7 Å². The highest BCUT2D eigenvalue weighted by Crippen LogP contribution is 2.28. The van der Waals surface area contributed by atoms with Crippen LogP contribution in [0.15, 0.2) is 56.7 Å². The topological polar surface area (TPSA) is 180 Å². The molecule has 4 aromatic rings. The molecule has 13 nitrogen and oxygen atoms in total. The number of nitrogens with two attached hydrogens (primary N) is 1. The molecule has 3 N–H and O–H groups in total. The van der Waals surface area contributed by atoms with Gasteiger partial charge in [-0.15, -0.1) is 5.10 Å². The Morgan fingerprint density at radius 3 is 2.67 bits per heavy atom. The highest BCUT2D eigenvalue weighted by molar-refractivity contribution is 9.10. The van der Waals surface area contributed by atoms with Gasteiger partial charge >= 0.3 is 0 Å². The molecule has 0 saturated heterocycles. The Bertz CT molecular complexity index is 1380. The number of nitrogen functional groups attached to an aromatic ring is 1. The minimum Gasteiger partial charge on any atom is -0.378 e. The minimum absolute atomic E-state index is 0.0328. The van der Waals surface area contributed by atoms with E-state index in [1.54, 1.807) is 0 Å². The van der Waals surface area contributed by atoms with Crippen LogP contribution in [0.3, 0.4) is 0 Å². The van der Waals surface area contributed by atoms with Crippen LogP contribution in [0.5, 0.6) is 0 Å². The largest absolute Gasteiger partial charge is 0.378 e. The molecule has 0 unspecified atom stereocenters. The summed E-state index contributed by atoms with van der Waals surface area (Å²) < 4.78 is 19.3. The number of hydrogen-bond donors (Lipinski definition) is 2. The number of nitrogens with one attached hydrogen (secondary N) is 1. The highest BCUT2D eigenvalue weighted by Gasteiger charge is 2.25. The van der Waals surface area contributed by atoms with Crippen molar-refractivity contribution in [1.29, 1.82) is 0 Å². The Kier molecular flexibility index (Phi) is 5.86. The maximum atomic E-state index is 13.4. The molecule has 2 heterocycles. The van der Waals surface area contributed by atoms with Crippen molar-refractivity contribution in [3.05, 3.63) is 74.1 Å². The summed E-state index contributed by atoms with van der Waals surface area (Å²) in [4.78, 5) is 23.2. The summed E-state index contributed by atoms with van der Waals surface area (Å²) in [6, 6.07) is 9.51. The van der Waals surface area contributed by atoms with Crippen molar-refractivity contribution in [2.45, 2.75) is 0 Å². The Morgan fingerprint density at radius 2 is 2.03 bits per heavy atom. The molecule has 0 aliphatic carbocycles. The summed E-state index contributed by atoms with van der Waals surface area (Å²) in [5.41, 5.74) is 8.69. The molecule has 166 valence electrons. The highest BCUT2D eigenvalue weighted by atomic mass is 79.9. The van der Waals surface area contributed by atoms with Crippen molar-refractivity contribution in [3.8, 4) is 17.1 Å². The van der Waals surface area contributed by atoms with Gasteiger partial charge in [0.15, 0.2) is 5.69 Å². The molecule has 0 bridgehead atoms. The number of halogens is 2. The summed E-state index contributed by atoms with van der Waals surface area (Å²) in [6.07, 6.45) is 1.30. The van der Waals surface area contributed by atoms with Gasteiger partial charge in [0.05, 0.1) is 15.6 Å². The lowest BCUT2D eigenvalue weighted by Crippen LogP contribution is -2.19. The first-order valence-corrected chi connectivity index (χ1v) is 9.72. The zero-order chi connectivity index (χ0) is 23.5. The van der Waals surface area contributed by atoms with Gasteiger partial charge in [-0.3, -0.25) is 14.9 Å². The van der Waals surface area contributed by atoms with Crippen LogP contribution in [0, 0.1) is 15.9 Å². The summed E-state index contributed by atoms with van der Waals surface area (Å²) in [6.45, 7) is 0. The first-order chi connectivity index (χ1) is 15.8. The molecule has 0 aliphatic heterocycles. The van der Waals surface area contributed by atoms with E-state index in [0.29, 0.717) is 11.1 Å². The molecule has 15 heteroatoms. The standard InChI is InChI=1S/C18H11BrFN9O4/c19-12-7-9(1-6-13(12)20)8-22-24-18(30)14-15(10-2-4-11(5-3-10)29(31)32)28(27-23-14)17-16(21)25-33-26-17/h1-8H,(H2,21,25)(H,24,30)/b22-8-. The lowest BCUT2D eigenvalue weighted by atomic mass is 10.1. The maximum Gasteiger partial charge on any atom is 0.294 e. The van der Waals surface area contributed by atoms with Crippen molar-refractivity contribution in [1.82, 2.24) is 30.7 Å². The summed E-state index contributed by atoms with van der Waals surface area (Å²) in [5, 5.41) is 29.7. The predicted molar refractivity (Wildman–Crippen MR) is 115 cm³/mol. The number of rotatable bonds is 6. The third kappa shape index (κ3) is 4.42. The number of anilines is 1. The van der Waals surface area contributed by atoms with E-state index in [1.807, 2.05) is 0 Å². The van der Waals surface area contributed by atoms with Crippen LogP contribution in [-0.2, 0) is 0 Å². The Balaban J connectivity index is 1.68. The molecule has 2 aromatic heterocycles. The number of aromatic nitrogens is 5. The first-order valence-electron chi connectivity index (χ1n) is 8.92. The van der Waals surface area contributed by atoms with Crippen LogP contribution in [0.2, 0.25) is 0 Å². The molecule has 0 spiro atoms. The number of benzene rings is 2. The van der Waals surface area contributed by atoms with Crippen LogP contribution in [-0.4, -0.2) is 42.4 Å². The lowest BCUT2D eigenvalue weighted by molar-refractivity contribution is -0.384. The normalized spacial score (nSPS) is 11.1. The van der Waals surface area contributed by atoms with Gasteiger partial charge in [-0.2, -0.15) is 9.78 Å². The van der Waals surface area contributed by atoms with Crippen LogP contribution >= 0.6 is 15.9 Å². The van der Waals surface area contributed by atoms with E-state index in [0.717, 1.165) is 4.68 Å². The van der Waals surface area contributed by atoms with Gasteiger partial charge in [0.1, 0.15) is 11.5 Å². The van der Waals surface area contributed by atoms with E-state index in [-0.39, 0.29) is 33.2 Å². The molecule has 0 fully saturated rings. The average molecular weight is 516 g/mol. The fourth-order valence-electron chi connectivity index (χ4n) is 2.73. The van der Waals surface area contributed by atoms with Gasteiger partial charge in [-0.25, -0.2) is 14.4 Å². The third-order valence-corrected chi connectivity index (χ3v) is 4.86. The second-order valence-corrected chi connectivity index (χ2v) is 7.20. The Hall–Kier alpha value is -4.53. The molecule has 2 aromatic carbocycles. The quantitative estimate of drug-likeness (QED) is 0.221. The molecule has 0 saturated carbocycles. The van der Waals surface area contributed by atoms with Crippen molar-refractivity contribution in [2.75, 3.05) is 5.73 Å². The number of hydrazone groups is 1. The zero-order valence-corrected chi connectivity index (χ0v) is 17.8. The van der Waals surface area contributed by atoms with Gasteiger partial charge in [-0.1, -0.05) is 11.3 Å². The summed E-state index contributed by atoms with van der Waals surface area (Å²) in [7, 11) is 0. The van der Waals surface area contributed by atoms with E-state index in [1.165, 1.54) is 48.7 Å². The van der Waals surface area contributed by atoms with E-state index >= 15 is 0 Å². The average Bonchev–Trinajstić information content (AvgIpc) is 3.42. The van der Waals surface area contributed by atoms with Gasteiger partial charge in [-0.05, 0) is 56.1 Å². The molecule has 0 aliphatic rings. The van der Waals surface area contributed by atoms with Crippen LogP contribution < -0.4 is 11.2 Å². The molecular weight excluding hydrogens is 505 g/mol. The predicted octanol–water partition coefficient (Wildman–Crippen LogP) is 2.47. The van der Waals surface area contributed by atoms with E-state index in [9.17, 15) is 19.3 Å². The third-order valence-electron chi connectivity index (χ3n) is 4.26. The van der Waals surface area contributed by atoms with Crippen molar-refractivity contribution in [3.63, 3.8) is 0 Å². The summed E-state index contributed by atoms with van der Waals surface area (Å²) in [5.74, 6) is -1.34. The first kappa shape index (κ1) is 21.7. The second-order valence-electron chi connectivity index (χ2n) is 6.35. The van der Waals surface area contributed by atoms with Gasteiger partial charge in [0.2, 0.25) is 11.6 Å². The maximum absolute atomic E-state index is 13.4. The molecule has 1 amide bonds. The van der Waals surface area contributed by atoms with Crippen molar-refractivity contribution in [2.24, 2.45) is 5.10 Å². The fraction of sp³-hybridized carbons (Fsp3) is 0. The summed E-state index contributed by atoms with van der Waals surface area (Å²) >= 11 is 3.06. The monoisotopic (exact) mass is 515 g/mol. The molecule has 0 radical (unpaired) electrons. The molecule has 33 heavy (non-hydrogen) atoms. The smallest absolute Gasteiger partial charge is 0.294 e. The van der Waals surface area contributed by atoms with E-state index in [4.69, 9.17) is 5.73 Å². The number of non-ortho nitro benzene ring substituents is 1. The minimum atomic E-state index is -0.748. The number of nitro benzene ring substituents is 1. The van der Waals surface area contributed by atoms with Crippen LogP contribution in [0.25, 0.3) is 17.1 Å². The van der Waals surface area contributed by atoms with Crippen LogP contribution in [0.4, 0.5) is 15.9 Å². The molecule has 0 atom stereocenters. The number of carbonyl (C=O) groups excluding carboxylic acids is 1. The Morgan fingerprint density at radius 1 is 1.27 bits per heavy atom. The van der Waals surface area contributed by atoms with E-state index in [2.05, 4.69) is 51.7 Å². The second kappa shape index (κ2) is 8.91. The van der Waals surface area contributed by atoms with E-state index < -0.39 is 16.6 Å². The molecular formula is C18H11BrFN9O4. The Labute approximate surface area is 191 Å². The van der Waals surface area contributed by atoms with Crippen molar-refractivity contribution < 1.29 is 18.7 Å². The number of nitrogens with zero attached hydrogens (tertiary/aromatic N) is 7. The van der Waals surface area contributed by atoms with Gasteiger partial charge < -0.3 is 5.73 Å². The van der Waals surface area contributed by atoms with Crippen LogP contribution in [0.1, 0.15) is 16.1 Å². The lowest BCUT2D eigenvalue weighted by Gasteiger charge is -2.05. The SMILES string of the molecule is Nc1nonc1-n1nnc(C(=O)N/N=C\c2ccc(F)c(Br)c2)c1-c1ccc([N+](=O)[O-])cc1.